The summed E-state index contributed by atoms with van der Waals surface area (Å²) in [5.41, 5.74) is -0.0856. The lowest BCUT2D eigenvalue weighted by Gasteiger charge is -2.06. The minimum Gasteiger partial charge on any atom is -0.477 e. The summed E-state index contributed by atoms with van der Waals surface area (Å²) in [6, 6.07) is 4.77. The number of aromatic nitrogens is 2. The van der Waals surface area contributed by atoms with Gasteiger partial charge in [-0.3, -0.25) is 4.79 Å². The van der Waals surface area contributed by atoms with Gasteiger partial charge in [-0.2, -0.15) is 0 Å². The molecule has 0 saturated carbocycles. The smallest absolute Gasteiger partial charge is 0.346 e. The number of hydrogen-bond donors (Lipinski definition) is 1. The molecule has 0 radical (unpaired) electrons. The molecule has 0 aliphatic rings. The fourth-order valence-electron chi connectivity index (χ4n) is 2.35. The summed E-state index contributed by atoms with van der Waals surface area (Å²) in [6.07, 6.45) is 0.0118. The molecule has 0 aliphatic carbocycles. The number of benzene rings is 1. The average Bonchev–Trinajstić information content (AvgIpc) is 2.85. The molecule has 0 saturated heterocycles. The monoisotopic (exact) mass is 386 g/mol. The number of aryl methyl sites for hydroxylation is 1. The van der Waals surface area contributed by atoms with Crippen molar-refractivity contribution in [2.45, 2.75) is 13.3 Å². The van der Waals surface area contributed by atoms with Crippen LogP contribution < -0.4 is 5.56 Å². The van der Waals surface area contributed by atoms with Gasteiger partial charge in [-0.05, 0) is 30.2 Å². The maximum atomic E-state index is 14.3. The number of carbonyl (C=O) groups is 1. The molecule has 0 atom stereocenters. The standard InChI is InChI=1S/C15H9Cl2FN2O3S/c1-6-11-13(24-12(6)15(22)23)19-10(20(18)14(11)21)5-7-2-3-8(16)9(17)4-7/h2-4H,5H2,1H3,(H,22,23). The van der Waals surface area contributed by atoms with Gasteiger partial charge in [0, 0.05) is 6.42 Å². The van der Waals surface area contributed by atoms with Crippen molar-refractivity contribution in [1.29, 1.82) is 0 Å². The molecule has 2 heterocycles. The zero-order chi connectivity index (χ0) is 17.6. The summed E-state index contributed by atoms with van der Waals surface area (Å²) in [5, 5.41) is 9.80. The van der Waals surface area contributed by atoms with Gasteiger partial charge in [-0.1, -0.05) is 33.7 Å². The van der Waals surface area contributed by atoms with Gasteiger partial charge in [-0.25, -0.2) is 9.78 Å². The lowest BCUT2D eigenvalue weighted by atomic mass is 10.1. The first-order valence-electron chi connectivity index (χ1n) is 6.68. The van der Waals surface area contributed by atoms with Crippen molar-refractivity contribution in [1.82, 2.24) is 9.77 Å². The molecule has 9 heteroatoms. The number of halogens is 3. The van der Waals surface area contributed by atoms with E-state index in [1.165, 1.54) is 6.92 Å². The molecule has 1 aromatic carbocycles. The predicted molar refractivity (Wildman–Crippen MR) is 91.4 cm³/mol. The van der Waals surface area contributed by atoms with Crippen molar-refractivity contribution in [3.05, 3.63) is 60.4 Å². The molecule has 2 aromatic heterocycles. The van der Waals surface area contributed by atoms with Gasteiger partial charge < -0.3 is 5.11 Å². The van der Waals surface area contributed by atoms with Crippen LogP contribution in [0, 0.1) is 6.92 Å². The fourth-order valence-corrected chi connectivity index (χ4v) is 3.70. The Morgan fingerprint density at radius 3 is 2.71 bits per heavy atom. The summed E-state index contributed by atoms with van der Waals surface area (Å²) in [4.78, 5) is 27.6. The average molecular weight is 387 g/mol. The third-order valence-electron chi connectivity index (χ3n) is 3.52. The van der Waals surface area contributed by atoms with E-state index < -0.39 is 11.5 Å². The Balaban J connectivity index is 2.15. The first kappa shape index (κ1) is 16.9. The first-order valence-corrected chi connectivity index (χ1v) is 8.25. The molecule has 24 heavy (non-hydrogen) atoms. The highest BCUT2D eigenvalue weighted by Crippen LogP contribution is 2.28. The van der Waals surface area contributed by atoms with Crippen LogP contribution in [0.2, 0.25) is 10.0 Å². The van der Waals surface area contributed by atoms with E-state index in [0.717, 1.165) is 11.3 Å². The molecule has 3 rings (SSSR count). The van der Waals surface area contributed by atoms with E-state index >= 15 is 0 Å². The van der Waals surface area contributed by atoms with Crippen LogP contribution in [0.15, 0.2) is 23.0 Å². The lowest BCUT2D eigenvalue weighted by molar-refractivity contribution is 0.0701. The minimum absolute atomic E-state index is 0.0118. The molecule has 0 amide bonds. The Hall–Kier alpha value is -1.96. The topological polar surface area (TPSA) is 72.2 Å². The van der Waals surface area contributed by atoms with Crippen molar-refractivity contribution in [2.75, 3.05) is 0 Å². The molecule has 0 unspecified atom stereocenters. The molecule has 124 valence electrons. The van der Waals surface area contributed by atoms with Crippen molar-refractivity contribution in [2.24, 2.45) is 0 Å². The zero-order valence-electron chi connectivity index (χ0n) is 12.1. The third-order valence-corrected chi connectivity index (χ3v) is 5.43. The van der Waals surface area contributed by atoms with Gasteiger partial charge in [0.25, 0.3) is 5.56 Å². The lowest BCUT2D eigenvalue weighted by Crippen LogP contribution is -2.20. The summed E-state index contributed by atoms with van der Waals surface area (Å²) >= 11 is 12.6. The van der Waals surface area contributed by atoms with Crippen molar-refractivity contribution in [3.8, 4) is 0 Å². The molecule has 1 N–H and O–H groups in total. The highest BCUT2D eigenvalue weighted by molar-refractivity contribution is 7.20. The van der Waals surface area contributed by atoms with Gasteiger partial charge >= 0.3 is 5.97 Å². The summed E-state index contributed by atoms with van der Waals surface area (Å²) < 4.78 is 14.3. The number of thiophene rings is 1. The van der Waals surface area contributed by atoms with Crippen molar-refractivity contribution in [3.63, 3.8) is 0 Å². The van der Waals surface area contributed by atoms with Crippen LogP contribution in [0.25, 0.3) is 10.2 Å². The number of carboxylic acid groups (broad SMARTS) is 1. The summed E-state index contributed by atoms with van der Waals surface area (Å²) in [7, 11) is 0. The van der Waals surface area contributed by atoms with Crippen LogP contribution in [-0.2, 0) is 6.42 Å². The van der Waals surface area contributed by atoms with E-state index in [0.29, 0.717) is 15.6 Å². The van der Waals surface area contributed by atoms with Crippen LogP contribution in [0.4, 0.5) is 4.48 Å². The third kappa shape index (κ3) is 2.79. The van der Waals surface area contributed by atoms with Gasteiger partial charge in [0.15, 0.2) is 0 Å². The highest BCUT2D eigenvalue weighted by atomic mass is 35.5. The van der Waals surface area contributed by atoms with Crippen molar-refractivity contribution < 1.29 is 14.4 Å². The second kappa shape index (κ2) is 6.16. The maximum absolute atomic E-state index is 14.3. The number of rotatable bonds is 3. The normalized spacial score (nSPS) is 11.2. The Kier molecular flexibility index (Phi) is 4.33. The SMILES string of the molecule is Cc1c(C(=O)O)sc2nc(Cc3ccc(Cl)c(Cl)c3)n(F)c(=O)c12. The van der Waals surface area contributed by atoms with E-state index in [1.54, 1.807) is 18.2 Å². The molecule has 0 aliphatic heterocycles. The molecule has 3 aromatic rings. The number of nitrogens with zero attached hydrogens (tertiary/aromatic N) is 2. The minimum atomic E-state index is -1.17. The molecule has 0 spiro atoms. The molecule has 5 nitrogen and oxygen atoms in total. The highest BCUT2D eigenvalue weighted by Gasteiger charge is 2.21. The predicted octanol–water partition coefficient (Wildman–Crippen LogP) is 4.09. The maximum Gasteiger partial charge on any atom is 0.346 e. The molecular weight excluding hydrogens is 378 g/mol. The van der Waals surface area contributed by atoms with Gasteiger partial charge in [-0.15, -0.1) is 16.1 Å². The van der Waals surface area contributed by atoms with E-state index in [2.05, 4.69) is 4.98 Å². The van der Waals surface area contributed by atoms with Crippen LogP contribution in [0.3, 0.4) is 0 Å². The Bertz CT molecular complexity index is 1050. The number of aromatic carboxylic acids is 1. The second-order valence-electron chi connectivity index (χ2n) is 5.08. The second-order valence-corrected chi connectivity index (χ2v) is 6.89. The number of fused-ring (bicyclic) bond motifs is 1. The van der Waals surface area contributed by atoms with E-state index in [4.69, 9.17) is 28.3 Å². The largest absolute Gasteiger partial charge is 0.477 e. The Morgan fingerprint density at radius 1 is 1.38 bits per heavy atom. The van der Waals surface area contributed by atoms with Crippen LogP contribution >= 0.6 is 34.5 Å². The van der Waals surface area contributed by atoms with Crippen LogP contribution in [0.5, 0.6) is 0 Å². The van der Waals surface area contributed by atoms with Gasteiger partial charge in [0.05, 0.1) is 15.4 Å². The van der Waals surface area contributed by atoms with Crippen LogP contribution in [0.1, 0.15) is 26.6 Å². The first-order chi connectivity index (χ1) is 11.3. The Morgan fingerprint density at radius 2 is 2.08 bits per heavy atom. The van der Waals surface area contributed by atoms with Crippen LogP contribution in [-0.4, -0.2) is 20.8 Å². The van der Waals surface area contributed by atoms with E-state index in [1.807, 2.05) is 0 Å². The van der Waals surface area contributed by atoms with E-state index in [9.17, 15) is 14.1 Å². The number of carboxylic acids is 1. The Labute approximate surface area is 148 Å². The molecular formula is C15H9Cl2FN2O3S. The van der Waals surface area contributed by atoms with Gasteiger partial charge in [0.1, 0.15) is 15.5 Å². The molecule has 0 bridgehead atoms. The quantitative estimate of drug-likeness (QED) is 0.735. The number of hydrogen-bond acceptors (Lipinski definition) is 4. The van der Waals surface area contributed by atoms with Gasteiger partial charge in [0.2, 0.25) is 0 Å². The fraction of sp³-hybridized carbons (Fsp3) is 0.133. The molecule has 0 fully saturated rings. The van der Waals surface area contributed by atoms with E-state index in [-0.39, 0.29) is 37.7 Å². The van der Waals surface area contributed by atoms with Crippen molar-refractivity contribution >= 4 is 50.7 Å². The summed E-state index contributed by atoms with van der Waals surface area (Å²) in [6.45, 7) is 1.46. The zero-order valence-corrected chi connectivity index (χ0v) is 14.5. The summed E-state index contributed by atoms with van der Waals surface area (Å²) in [5.74, 6) is -1.31.